The van der Waals surface area contributed by atoms with E-state index < -0.39 is 10.2 Å². The van der Waals surface area contributed by atoms with Gasteiger partial charge in [0, 0.05) is 13.1 Å². The minimum absolute atomic E-state index is 0.0234. The summed E-state index contributed by atoms with van der Waals surface area (Å²) in [6.07, 6.45) is 6.23. The van der Waals surface area contributed by atoms with Crippen LogP contribution in [0.2, 0.25) is 0 Å². The third kappa shape index (κ3) is 5.07. The first-order chi connectivity index (χ1) is 10.8. The van der Waals surface area contributed by atoms with Crippen LogP contribution in [0.1, 0.15) is 29.5 Å². The molecule has 0 spiro atoms. The third-order valence-electron chi connectivity index (χ3n) is 4.16. The van der Waals surface area contributed by atoms with Crippen LogP contribution < -0.4 is 10.9 Å². The largest absolute Gasteiger partial charge is 0.369 e. The van der Waals surface area contributed by atoms with Gasteiger partial charge in [0.15, 0.2) is 0 Å². The predicted octanol–water partition coefficient (Wildman–Crippen LogP) is 1.55. The molecule has 0 amide bonds. The Morgan fingerprint density at radius 1 is 1.26 bits per heavy atom. The van der Waals surface area contributed by atoms with E-state index in [1.165, 1.54) is 16.7 Å². The number of guanidine groups is 1. The lowest BCUT2D eigenvalue weighted by Crippen LogP contribution is -2.43. The summed E-state index contributed by atoms with van der Waals surface area (Å²) in [6.45, 7) is 5.57. The number of nitrogens with two attached hydrogens (primary N) is 2. The van der Waals surface area contributed by atoms with Crippen molar-refractivity contribution in [2.24, 2.45) is 21.2 Å². The molecular formula is C16H24N4O2S. The Morgan fingerprint density at radius 3 is 2.35 bits per heavy atom. The molecule has 1 aliphatic rings. The van der Waals surface area contributed by atoms with E-state index in [2.05, 4.69) is 48.6 Å². The molecule has 0 bridgehead atoms. The maximum atomic E-state index is 10.9. The lowest BCUT2D eigenvalue weighted by Gasteiger charge is -2.31. The molecule has 1 aliphatic heterocycles. The summed E-state index contributed by atoms with van der Waals surface area (Å²) in [5.41, 5.74) is 9.49. The van der Waals surface area contributed by atoms with Crippen LogP contribution in [0.5, 0.6) is 0 Å². The summed E-state index contributed by atoms with van der Waals surface area (Å²) < 4.78 is 25.2. The fourth-order valence-electron chi connectivity index (χ4n) is 2.83. The van der Waals surface area contributed by atoms with Gasteiger partial charge >= 0.3 is 10.2 Å². The smallest absolute Gasteiger partial charge is 0.320 e. The second kappa shape index (κ2) is 7.14. The summed E-state index contributed by atoms with van der Waals surface area (Å²) in [7, 11) is -3.93. The summed E-state index contributed by atoms with van der Waals surface area (Å²) in [5.74, 6) is 0.428. The molecule has 1 saturated heterocycles. The van der Waals surface area contributed by atoms with E-state index >= 15 is 0 Å². The SMILES string of the molecule is Cc1cccc(C)c1/C=C/C1CCN(/C(N)=N\S(N)(=O)=O)CC1. The fourth-order valence-corrected chi connectivity index (χ4v) is 3.21. The van der Waals surface area contributed by atoms with Crippen molar-refractivity contribution < 1.29 is 8.42 Å². The first-order valence-electron chi connectivity index (χ1n) is 7.64. The van der Waals surface area contributed by atoms with E-state index in [-0.39, 0.29) is 5.96 Å². The average molecular weight is 336 g/mol. The molecule has 6 nitrogen and oxygen atoms in total. The van der Waals surface area contributed by atoms with E-state index in [4.69, 9.17) is 10.9 Å². The molecule has 1 heterocycles. The Kier molecular flexibility index (Phi) is 5.43. The maximum Gasteiger partial charge on any atom is 0.320 e. The fraction of sp³-hybridized carbons (Fsp3) is 0.438. The van der Waals surface area contributed by atoms with Crippen molar-refractivity contribution in [1.82, 2.24) is 4.90 Å². The van der Waals surface area contributed by atoms with Gasteiger partial charge in [-0.3, -0.25) is 0 Å². The summed E-state index contributed by atoms with van der Waals surface area (Å²) in [6, 6.07) is 6.29. The quantitative estimate of drug-likeness (QED) is 0.646. The van der Waals surface area contributed by atoms with Gasteiger partial charge in [-0.25, -0.2) is 5.14 Å². The summed E-state index contributed by atoms with van der Waals surface area (Å²) in [4.78, 5) is 1.76. The van der Waals surface area contributed by atoms with Crippen LogP contribution in [0.4, 0.5) is 0 Å². The maximum absolute atomic E-state index is 10.9. The number of likely N-dealkylation sites (tertiary alicyclic amines) is 1. The molecular weight excluding hydrogens is 312 g/mol. The van der Waals surface area contributed by atoms with Crippen molar-refractivity contribution in [3.05, 3.63) is 41.0 Å². The highest BCUT2D eigenvalue weighted by Gasteiger charge is 2.19. The first-order valence-corrected chi connectivity index (χ1v) is 9.14. The van der Waals surface area contributed by atoms with E-state index in [9.17, 15) is 8.42 Å². The van der Waals surface area contributed by atoms with Crippen LogP contribution in [-0.2, 0) is 10.2 Å². The zero-order valence-electron chi connectivity index (χ0n) is 13.6. The molecule has 0 unspecified atom stereocenters. The number of hydrogen-bond donors (Lipinski definition) is 2. The zero-order valence-corrected chi connectivity index (χ0v) is 14.4. The van der Waals surface area contributed by atoms with Crippen LogP contribution in [0.3, 0.4) is 0 Å². The van der Waals surface area contributed by atoms with E-state index in [0.29, 0.717) is 19.0 Å². The molecule has 1 fully saturated rings. The number of hydrogen-bond acceptors (Lipinski definition) is 2. The topological polar surface area (TPSA) is 102 Å². The molecule has 0 radical (unpaired) electrons. The Balaban J connectivity index is 1.98. The number of rotatable bonds is 3. The van der Waals surface area contributed by atoms with E-state index in [1.54, 1.807) is 4.90 Å². The van der Waals surface area contributed by atoms with E-state index in [0.717, 1.165) is 12.8 Å². The van der Waals surface area contributed by atoms with Gasteiger partial charge in [0.1, 0.15) is 0 Å². The van der Waals surface area contributed by atoms with Gasteiger partial charge < -0.3 is 10.6 Å². The highest BCUT2D eigenvalue weighted by molar-refractivity contribution is 7.88. The number of allylic oxidation sites excluding steroid dienone is 1. The van der Waals surface area contributed by atoms with Gasteiger partial charge in [-0.15, -0.1) is 4.40 Å². The summed E-state index contributed by atoms with van der Waals surface area (Å²) >= 11 is 0. The first kappa shape index (κ1) is 17.5. The van der Waals surface area contributed by atoms with Gasteiger partial charge in [-0.2, -0.15) is 8.42 Å². The highest BCUT2D eigenvalue weighted by atomic mass is 32.2. The van der Waals surface area contributed by atoms with Gasteiger partial charge in [0.2, 0.25) is 5.96 Å². The molecule has 1 aromatic carbocycles. The Bertz CT molecular complexity index is 697. The minimum atomic E-state index is -3.93. The molecule has 0 aromatic heterocycles. The average Bonchev–Trinajstić information content (AvgIpc) is 2.45. The molecule has 0 atom stereocenters. The van der Waals surface area contributed by atoms with Crippen molar-refractivity contribution >= 4 is 22.2 Å². The van der Waals surface area contributed by atoms with Crippen LogP contribution in [-0.4, -0.2) is 32.4 Å². The standard InChI is InChI=1S/C16H24N4O2S/c1-12-4-3-5-13(2)15(12)7-6-14-8-10-20(11-9-14)16(17)19-23(18,21)22/h3-7,14H,8-11H2,1-2H3,(H2,17,19)(H2,18,21,22)/b7-6+. The molecule has 4 N–H and O–H groups in total. The second-order valence-corrected chi connectivity index (χ2v) is 7.17. The van der Waals surface area contributed by atoms with E-state index in [1.807, 2.05) is 0 Å². The Morgan fingerprint density at radius 2 is 1.83 bits per heavy atom. The molecule has 1 aromatic rings. The second-order valence-electron chi connectivity index (χ2n) is 5.95. The van der Waals surface area contributed by atoms with Gasteiger partial charge in [-0.1, -0.05) is 30.4 Å². The molecule has 23 heavy (non-hydrogen) atoms. The molecule has 2 rings (SSSR count). The number of benzene rings is 1. The normalized spacial score (nSPS) is 17.9. The number of piperidine rings is 1. The monoisotopic (exact) mass is 336 g/mol. The van der Waals surface area contributed by atoms with Crippen molar-refractivity contribution in [2.45, 2.75) is 26.7 Å². The third-order valence-corrected chi connectivity index (χ3v) is 4.60. The van der Waals surface area contributed by atoms with Crippen LogP contribution in [0.15, 0.2) is 28.7 Å². The zero-order chi connectivity index (χ0) is 17.0. The van der Waals surface area contributed by atoms with Gasteiger partial charge in [0.05, 0.1) is 0 Å². The van der Waals surface area contributed by atoms with Crippen molar-refractivity contribution in [3.63, 3.8) is 0 Å². The molecule has 126 valence electrons. The minimum Gasteiger partial charge on any atom is -0.369 e. The Hall–Kier alpha value is -1.86. The highest BCUT2D eigenvalue weighted by Crippen LogP contribution is 2.22. The van der Waals surface area contributed by atoms with Crippen molar-refractivity contribution in [1.29, 1.82) is 0 Å². The summed E-state index contributed by atoms with van der Waals surface area (Å²) in [5, 5.41) is 4.88. The van der Waals surface area contributed by atoms with Crippen molar-refractivity contribution in [3.8, 4) is 0 Å². The molecule has 0 saturated carbocycles. The molecule has 7 heteroatoms. The molecule has 0 aliphatic carbocycles. The number of aryl methyl sites for hydroxylation is 2. The van der Waals surface area contributed by atoms with Gasteiger partial charge in [0.25, 0.3) is 0 Å². The van der Waals surface area contributed by atoms with Crippen molar-refractivity contribution in [2.75, 3.05) is 13.1 Å². The van der Waals surface area contributed by atoms with Crippen LogP contribution >= 0.6 is 0 Å². The Labute approximate surface area is 138 Å². The van der Waals surface area contributed by atoms with Crippen LogP contribution in [0, 0.1) is 19.8 Å². The predicted molar refractivity (Wildman–Crippen MR) is 94.0 cm³/mol. The van der Waals surface area contributed by atoms with Gasteiger partial charge in [-0.05, 0) is 49.3 Å². The van der Waals surface area contributed by atoms with Crippen LogP contribution in [0.25, 0.3) is 6.08 Å². The lowest BCUT2D eigenvalue weighted by atomic mass is 9.94. The lowest BCUT2D eigenvalue weighted by molar-refractivity contribution is 0.297. The number of nitrogens with zero attached hydrogens (tertiary/aromatic N) is 2.